The number of ether oxygens (including phenoxy) is 1. The Morgan fingerprint density at radius 1 is 1.50 bits per heavy atom. The van der Waals surface area contributed by atoms with Crippen molar-refractivity contribution in [2.24, 2.45) is 4.03 Å². The molecule has 0 radical (unpaired) electrons. The van der Waals surface area contributed by atoms with Crippen LogP contribution in [0.5, 0.6) is 5.88 Å². The van der Waals surface area contributed by atoms with E-state index in [1.807, 2.05) is 0 Å². The Hall–Kier alpha value is -0.533. The van der Waals surface area contributed by atoms with Crippen molar-refractivity contribution in [1.29, 1.82) is 0 Å². The molecule has 1 unspecified atom stereocenters. The van der Waals surface area contributed by atoms with Gasteiger partial charge in [0.05, 0.1) is 12.8 Å². The van der Waals surface area contributed by atoms with E-state index in [4.69, 9.17) is 15.4 Å². The van der Waals surface area contributed by atoms with Crippen LogP contribution in [0.25, 0.3) is 0 Å². The first-order valence-corrected chi connectivity index (χ1v) is 12.0. The van der Waals surface area contributed by atoms with Crippen molar-refractivity contribution in [2.45, 2.75) is 56.8 Å². The molecule has 5 nitrogen and oxygen atoms in total. The maximum Gasteiger partial charge on any atom is 0.230 e. The number of aryl methyl sites for hydroxylation is 1. The largest absolute Gasteiger partial charge is 0.477 e. The second-order valence-electron chi connectivity index (χ2n) is 6.60. The monoisotopic (exact) mass is 335 g/mol. The fourth-order valence-electron chi connectivity index (χ4n) is 1.70. The van der Waals surface area contributed by atoms with Crippen molar-refractivity contribution in [3.8, 4) is 5.88 Å². The van der Waals surface area contributed by atoms with Crippen molar-refractivity contribution < 1.29 is 8.95 Å². The zero-order valence-electron chi connectivity index (χ0n) is 12.6. The van der Waals surface area contributed by atoms with Gasteiger partial charge in [-0.15, -0.1) is 0 Å². The van der Waals surface area contributed by atoms with Gasteiger partial charge in [-0.05, 0) is 18.1 Å². The summed E-state index contributed by atoms with van der Waals surface area (Å²) in [7, 11) is 1.18. The minimum absolute atomic E-state index is 0.0152. The third kappa shape index (κ3) is 2.89. The zero-order chi connectivity index (χ0) is 15.2. The fraction of sp³-hybridized carbons (Fsp3) is 0.750. The summed E-state index contributed by atoms with van der Waals surface area (Å²) in [6.07, 6.45) is 2.43. The predicted octanol–water partition coefficient (Wildman–Crippen LogP) is 3.65. The third-order valence-corrected chi connectivity index (χ3v) is 12.3. The molecule has 0 saturated carbocycles. The number of fused-ring (bicyclic) bond motifs is 1. The molecule has 1 aliphatic heterocycles. The SMILES string of the molecule is CC(C)(C)[Si](C)(C)N=S(=O)(Cl)c1cnn2c1OCCC2. The summed E-state index contributed by atoms with van der Waals surface area (Å²) >= 11 is 0. The van der Waals surface area contributed by atoms with Gasteiger partial charge < -0.3 is 4.74 Å². The van der Waals surface area contributed by atoms with Crippen LogP contribution in [0.15, 0.2) is 15.1 Å². The highest BCUT2D eigenvalue weighted by molar-refractivity contribution is 8.16. The highest BCUT2D eigenvalue weighted by atomic mass is 35.7. The summed E-state index contributed by atoms with van der Waals surface area (Å²) in [4.78, 5) is 0.420. The number of rotatable bonds is 2. The van der Waals surface area contributed by atoms with Crippen LogP contribution in [0.3, 0.4) is 0 Å². The lowest BCUT2D eigenvalue weighted by molar-refractivity contribution is 0.225. The summed E-state index contributed by atoms with van der Waals surface area (Å²) in [5.74, 6) is 0.513. The first-order valence-electron chi connectivity index (χ1n) is 6.71. The molecular formula is C12H22ClN3O2SSi. The average molecular weight is 336 g/mol. The summed E-state index contributed by atoms with van der Waals surface area (Å²) < 4.78 is 24.7. The van der Waals surface area contributed by atoms with Gasteiger partial charge in [-0.2, -0.15) is 5.10 Å². The van der Waals surface area contributed by atoms with Crippen LogP contribution in [0.4, 0.5) is 0 Å². The Morgan fingerprint density at radius 2 is 2.15 bits per heavy atom. The molecule has 1 aromatic rings. The lowest BCUT2D eigenvalue weighted by Crippen LogP contribution is -2.35. The van der Waals surface area contributed by atoms with Crippen LogP contribution in [0.2, 0.25) is 18.1 Å². The molecule has 0 saturated heterocycles. The van der Waals surface area contributed by atoms with E-state index in [9.17, 15) is 4.21 Å². The van der Waals surface area contributed by atoms with Gasteiger partial charge in [0, 0.05) is 23.6 Å². The highest BCUT2D eigenvalue weighted by Gasteiger charge is 2.38. The standard InChI is InChI=1S/C12H22ClN3O2SSi/c1-12(2,3)20(4,5)15-19(13,17)10-9-14-16-7-6-8-18-11(10)16/h9H,6-8H2,1-5H3. The van der Waals surface area contributed by atoms with Gasteiger partial charge in [-0.25, -0.2) is 8.89 Å². The van der Waals surface area contributed by atoms with Crippen LogP contribution in [0.1, 0.15) is 27.2 Å². The van der Waals surface area contributed by atoms with Crippen molar-refractivity contribution in [2.75, 3.05) is 6.61 Å². The Labute approximate surface area is 126 Å². The Bertz CT molecular complexity index is 627. The minimum atomic E-state index is -3.00. The van der Waals surface area contributed by atoms with Gasteiger partial charge in [-0.3, -0.25) is 4.03 Å². The van der Waals surface area contributed by atoms with E-state index in [1.54, 1.807) is 4.68 Å². The second kappa shape index (κ2) is 5.03. The number of aromatic nitrogens is 2. The van der Waals surface area contributed by atoms with Crippen LogP contribution in [-0.4, -0.2) is 28.8 Å². The van der Waals surface area contributed by atoms with Crippen molar-refractivity contribution in [1.82, 2.24) is 9.78 Å². The van der Waals surface area contributed by atoms with Gasteiger partial charge in [0.15, 0.2) is 17.2 Å². The van der Waals surface area contributed by atoms with E-state index in [0.717, 1.165) is 13.0 Å². The van der Waals surface area contributed by atoms with Crippen molar-refractivity contribution >= 4 is 27.9 Å². The topological polar surface area (TPSA) is 56.5 Å². The molecule has 2 rings (SSSR count). The van der Waals surface area contributed by atoms with E-state index >= 15 is 0 Å². The Morgan fingerprint density at radius 3 is 2.75 bits per heavy atom. The molecular weight excluding hydrogens is 314 g/mol. The molecule has 114 valence electrons. The number of hydrogen-bond donors (Lipinski definition) is 0. The van der Waals surface area contributed by atoms with E-state index in [1.165, 1.54) is 6.20 Å². The molecule has 1 aromatic heterocycles. The second-order valence-corrected chi connectivity index (χ2v) is 14.6. The molecule has 1 aliphatic rings. The molecule has 0 N–H and O–H groups in total. The van der Waals surface area contributed by atoms with Crippen molar-refractivity contribution in [3.63, 3.8) is 0 Å². The third-order valence-electron chi connectivity index (χ3n) is 3.96. The fourth-order valence-corrected chi connectivity index (χ4v) is 7.96. The lowest BCUT2D eigenvalue weighted by atomic mass is 10.2. The zero-order valence-corrected chi connectivity index (χ0v) is 15.2. The minimum Gasteiger partial charge on any atom is -0.477 e. The maximum atomic E-state index is 12.9. The Balaban J connectivity index is 2.51. The molecule has 8 heteroatoms. The van der Waals surface area contributed by atoms with Gasteiger partial charge in [0.1, 0.15) is 4.90 Å². The molecule has 2 heterocycles. The molecule has 0 aliphatic carbocycles. The van der Waals surface area contributed by atoms with Gasteiger partial charge >= 0.3 is 0 Å². The van der Waals surface area contributed by atoms with Gasteiger partial charge in [0.25, 0.3) is 0 Å². The first-order chi connectivity index (χ1) is 9.05. The van der Waals surface area contributed by atoms with Gasteiger partial charge in [-0.1, -0.05) is 20.8 Å². The summed E-state index contributed by atoms with van der Waals surface area (Å²) in [6, 6.07) is 0. The summed E-state index contributed by atoms with van der Waals surface area (Å²) in [5.41, 5.74) is 0. The van der Waals surface area contributed by atoms with E-state index in [2.05, 4.69) is 43.0 Å². The smallest absolute Gasteiger partial charge is 0.230 e. The predicted molar refractivity (Wildman–Crippen MR) is 84.2 cm³/mol. The van der Waals surface area contributed by atoms with Crippen LogP contribution in [-0.2, 0) is 15.5 Å². The normalized spacial score (nSPS) is 18.9. The highest BCUT2D eigenvalue weighted by Crippen LogP contribution is 2.40. The average Bonchev–Trinajstić information content (AvgIpc) is 2.70. The number of nitrogens with zero attached hydrogens (tertiary/aromatic N) is 3. The van der Waals surface area contributed by atoms with Crippen LogP contribution >= 0.6 is 10.7 Å². The van der Waals surface area contributed by atoms with E-state index < -0.39 is 17.2 Å². The number of halogens is 1. The summed E-state index contributed by atoms with van der Waals surface area (Å²) in [6.45, 7) is 11.8. The quantitative estimate of drug-likeness (QED) is 0.612. The van der Waals surface area contributed by atoms with Crippen LogP contribution < -0.4 is 4.74 Å². The molecule has 0 bridgehead atoms. The molecule has 0 amide bonds. The molecule has 0 fully saturated rings. The summed E-state index contributed by atoms with van der Waals surface area (Å²) in [5, 5.41) is 4.18. The molecule has 20 heavy (non-hydrogen) atoms. The Kier molecular flexibility index (Phi) is 3.99. The lowest BCUT2D eigenvalue weighted by Gasteiger charge is -2.32. The van der Waals surface area contributed by atoms with Crippen LogP contribution in [0, 0.1) is 0 Å². The molecule has 0 aromatic carbocycles. The molecule has 0 spiro atoms. The first kappa shape index (κ1) is 15.8. The van der Waals surface area contributed by atoms with E-state index in [0.29, 0.717) is 17.4 Å². The van der Waals surface area contributed by atoms with E-state index in [-0.39, 0.29) is 5.04 Å². The molecule has 1 atom stereocenters. The van der Waals surface area contributed by atoms with Crippen molar-refractivity contribution in [3.05, 3.63) is 6.20 Å². The maximum absolute atomic E-state index is 12.9. The van der Waals surface area contributed by atoms with Gasteiger partial charge in [0.2, 0.25) is 5.88 Å². The number of hydrogen-bond acceptors (Lipinski definition) is 4.